The van der Waals surface area contributed by atoms with E-state index in [1.165, 1.54) is 5.56 Å². The first-order chi connectivity index (χ1) is 8.91. The second-order valence-corrected chi connectivity index (χ2v) is 6.24. The predicted molar refractivity (Wildman–Crippen MR) is 82.9 cm³/mol. The highest BCUT2D eigenvalue weighted by molar-refractivity contribution is 9.10. The molecular formula is C15H23BrN2O. The molecule has 1 aromatic rings. The first kappa shape index (κ1) is 16.2. The molecule has 0 bridgehead atoms. The Labute approximate surface area is 124 Å². The van der Waals surface area contributed by atoms with Gasteiger partial charge in [-0.3, -0.25) is 4.79 Å². The van der Waals surface area contributed by atoms with Gasteiger partial charge in [0.25, 0.3) is 0 Å². The summed E-state index contributed by atoms with van der Waals surface area (Å²) in [4.78, 5) is 12.2. The maximum Gasteiger partial charge on any atom is 0.227 e. The number of amides is 1. The summed E-state index contributed by atoms with van der Waals surface area (Å²) >= 11 is 3.41. The van der Waals surface area contributed by atoms with Crippen LogP contribution in [0.15, 0.2) is 28.7 Å². The summed E-state index contributed by atoms with van der Waals surface area (Å²) in [5.74, 6) is 0.0436. The van der Waals surface area contributed by atoms with Gasteiger partial charge in [-0.2, -0.15) is 0 Å². The van der Waals surface area contributed by atoms with Crippen molar-refractivity contribution in [2.75, 3.05) is 6.54 Å². The molecule has 106 valence electrons. The van der Waals surface area contributed by atoms with Crippen molar-refractivity contribution in [3.8, 4) is 0 Å². The van der Waals surface area contributed by atoms with Crippen LogP contribution < -0.4 is 11.1 Å². The van der Waals surface area contributed by atoms with Crippen LogP contribution >= 0.6 is 15.9 Å². The third-order valence-corrected chi connectivity index (χ3v) is 4.14. The Kier molecular flexibility index (Phi) is 6.01. The Balaban J connectivity index is 2.58. The molecule has 4 heteroatoms. The van der Waals surface area contributed by atoms with Gasteiger partial charge in [0.05, 0.1) is 5.41 Å². The van der Waals surface area contributed by atoms with Gasteiger partial charge >= 0.3 is 0 Å². The summed E-state index contributed by atoms with van der Waals surface area (Å²) in [5, 5.41) is 3.05. The molecule has 1 rings (SSSR count). The highest BCUT2D eigenvalue weighted by atomic mass is 79.9. The lowest BCUT2D eigenvalue weighted by Crippen LogP contribution is -2.47. The van der Waals surface area contributed by atoms with Crippen LogP contribution in [-0.4, -0.2) is 18.5 Å². The Hall–Kier alpha value is -0.870. The summed E-state index contributed by atoms with van der Waals surface area (Å²) in [5.41, 5.74) is 6.44. The fourth-order valence-corrected chi connectivity index (χ4v) is 2.09. The van der Waals surface area contributed by atoms with Crippen molar-refractivity contribution < 1.29 is 4.79 Å². The summed E-state index contributed by atoms with van der Waals surface area (Å²) in [6.07, 6.45) is 1.57. The number of halogens is 1. The number of hydrogen-bond donors (Lipinski definition) is 2. The van der Waals surface area contributed by atoms with Gasteiger partial charge in [-0.25, -0.2) is 0 Å². The molecule has 1 amide bonds. The molecule has 2 atom stereocenters. The molecule has 3 nitrogen and oxygen atoms in total. The fourth-order valence-electron chi connectivity index (χ4n) is 1.82. The molecule has 1 aromatic carbocycles. The average molecular weight is 327 g/mol. The maximum atomic E-state index is 12.2. The number of benzene rings is 1. The maximum absolute atomic E-state index is 12.2. The van der Waals surface area contributed by atoms with Crippen LogP contribution in [0.25, 0.3) is 0 Å². The topological polar surface area (TPSA) is 55.1 Å². The summed E-state index contributed by atoms with van der Waals surface area (Å²) < 4.78 is 1.06. The summed E-state index contributed by atoms with van der Waals surface area (Å²) in [6.45, 7) is 6.30. The smallest absolute Gasteiger partial charge is 0.227 e. The van der Waals surface area contributed by atoms with E-state index in [1.54, 1.807) is 0 Å². The molecular weight excluding hydrogens is 304 g/mol. The Morgan fingerprint density at radius 3 is 2.47 bits per heavy atom. The van der Waals surface area contributed by atoms with E-state index in [9.17, 15) is 4.79 Å². The Morgan fingerprint density at radius 2 is 2.00 bits per heavy atom. The molecule has 19 heavy (non-hydrogen) atoms. The monoisotopic (exact) mass is 326 g/mol. The molecule has 0 aromatic heterocycles. The number of rotatable bonds is 6. The first-order valence-electron chi connectivity index (χ1n) is 6.66. The van der Waals surface area contributed by atoms with Crippen LogP contribution in [0.1, 0.15) is 32.8 Å². The van der Waals surface area contributed by atoms with E-state index >= 15 is 0 Å². The molecule has 0 aliphatic heterocycles. The third kappa shape index (κ3) is 4.62. The quantitative estimate of drug-likeness (QED) is 0.844. The molecule has 0 heterocycles. The molecule has 0 radical (unpaired) electrons. The van der Waals surface area contributed by atoms with Crippen molar-refractivity contribution >= 4 is 21.8 Å². The number of nitrogens with two attached hydrogens (primary N) is 1. The zero-order chi connectivity index (χ0) is 14.5. The third-order valence-electron chi connectivity index (χ3n) is 3.61. The molecule has 0 aliphatic rings. The van der Waals surface area contributed by atoms with Crippen molar-refractivity contribution in [3.05, 3.63) is 34.3 Å². The fraction of sp³-hybridized carbons (Fsp3) is 0.533. The molecule has 0 saturated carbocycles. The van der Waals surface area contributed by atoms with E-state index in [4.69, 9.17) is 5.73 Å². The highest BCUT2D eigenvalue weighted by Crippen LogP contribution is 2.19. The largest absolute Gasteiger partial charge is 0.353 e. The van der Waals surface area contributed by atoms with Gasteiger partial charge in [0.2, 0.25) is 5.91 Å². The van der Waals surface area contributed by atoms with Gasteiger partial charge in [0.15, 0.2) is 0 Å². The Morgan fingerprint density at radius 1 is 1.42 bits per heavy atom. The summed E-state index contributed by atoms with van der Waals surface area (Å²) in [6, 6.07) is 8.26. The SMILES string of the molecule is CCC(C)(CN)C(=O)NC(C)Cc1ccc(Br)cc1. The molecule has 0 spiro atoms. The van der Waals surface area contributed by atoms with Gasteiger partial charge in [-0.05, 0) is 44.4 Å². The minimum atomic E-state index is -0.464. The minimum Gasteiger partial charge on any atom is -0.353 e. The van der Waals surface area contributed by atoms with E-state index < -0.39 is 5.41 Å². The second kappa shape index (κ2) is 7.06. The van der Waals surface area contributed by atoms with Crippen molar-refractivity contribution in [3.63, 3.8) is 0 Å². The summed E-state index contributed by atoms with van der Waals surface area (Å²) in [7, 11) is 0. The van der Waals surface area contributed by atoms with Crippen molar-refractivity contribution in [1.82, 2.24) is 5.32 Å². The van der Waals surface area contributed by atoms with Crippen molar-refractivity contribution in [2.45, 2.75) is 39.7 Å². The van der Waals surface area contributed by atoms with Gasteiger partial charge < -0.3 is 11.1 Å². The van der Waals surface area contributed by atoms with Crippen LogP contribution in [0.5, 0.6) is 0 Å². The number of hydrogen-bond acceptors (Lipinski definition) is 2. The molecule has 2 unspecified atom stereocenters. The molecule has 0 aliphatic carbocycles. The van der Waals surface area contributed by atoms with Crippen molar-refractivity contribution in [1.29, 1.82) is 0 Å². The zero-order valence-corrected chi connectivity index (χ0v) is 13.5. The Bertz CT molecular complexity index is 413. The van der Waals surface area contributed by atoms with E-state index in [0.29, 0.717) is 6.54 Å². The lowest BCUT2D eigenvalue weighted by molar-refractivity contribution is -0.130. The second-order valence-electron chi connectivity index (χ2n) is 5.32. The predicted octanol–water partition coefficient (Wildman–Crippen LogP) is 2.87. The van der Waals surface area contributed by atoms with Crippen LogP contribution in [0.2, 0.25) is 0 Å². The van der Waals surface area contributed by atoms with Gasteiger partial charge in [-0.15, -0.1) is 0 Å². The van der Waals surface area contributed by atoms with Crippen molar-refractivity contribution in [2.24, 2.45) is 11.1 Å². The minimum absolute atomic E-state index is 0.0436. The van der Waals surface area contributed by atoms with Crippen LogP contribution in [-0.2, 0) is 11.2 Å². The number of carbonyl (C=O) groups is 1. The number of carbonyl (C=O) groups excluding carboxylic acids is 1. The molecule has 0 fully saturated rings. The van der Waals surface area contributed by atoms with Gasteiger partial charge in [-0.1, -0.05) is 35.0 Å². The lowest BCUT2D eigenvalue weighted by Gasteiger charge is -2.27. The molecule has 0 saturated heterocycles. The van der Waals surface area contributed by atoms with Crippen LogP contribution in [0.3, 0.4) is 0 Å². The normalized spacial score (nSPS) is 15.6. The average Bonchev–Trinajstić information content (AvgIpc) is 2.40. The van der Waals surface area contributed by atoms with E-state index in [-0.39, 0.29) is 11.9 Å². The van der Waals surface area contributed by atoms with Gasteiger partial charge in [0, 0.05) is 17.1 Å². The lowest BCUT2D eigenvalue weighted by atomic mass is 9.86. The van der Waals surface area contributed by atoms with E-state index in [0.717, 1.165) is 17.3 Å². The standard InChI is InChI=1S/C15H23BrN2O/c1-4-15(3,10-17)14(19)18-11(2)9-12-5-7-13(16)8-6-12/h5-8,11H,4,9-10,17H2,1-3H3,(H,18,19). The molecule has 3 N–H and O–H groups in total. The van der Waals surface area contributed by atoms with E-state index in [1.807, 2.05) is 32.9 Å². The highest BCUT2D eigenvalue weighted by Gasteiger charge is 2.30. The zero-order valence-electron chi connectivity index (χ0n) is 11.9. The van der Waals surface area contributed by atoms with Crippen LogP contribution in [0.4, 0.5) is 0 Å². The van der Waals surface area contributed by atoms with Crippen LogP contribution in [0, 0.1) is 5.41 Å². The number of nitrogens with one attached hydrogen (secondary N) is 1. The first-order valence-corrected chi connectivity index (χ1v) is 7.46. The van der Waals surface area contributed by atoms with Gasteiger partial charge in [0.1, 0.15) is 0 Å². The van der Waals surface area contributed by atoms with E-state index in [2.05, 4.69) is 33.4 Å².